The largest absolute Gasteiger partial charge is 0.378 e. The lowest BCUT2D eigenvalue weighted by molar-refractivity contribution is -0.127. The predicted octanol–water partition coefficient (Wildman–Crippen LogP) is 0.427. The molecule has 11 heteroatoms. The van der Waals surface area contributed by atoms with E-state index in [0.29, 0.717) is 59.3 Å². The van der Waals surface area contributed by atoms with Gasteiger partial charge in [0.2, 0.25) is 15.9 Å². The molecule has 0 aromatic carbocycles. The van der Waals surface area contributed by atoms with Crippen molar-refractivity contribution < 1.29 is 33.6 Å². The normalized spacial score (nSPS) is 15.5. The van der Waals surface area contributed by atoms with Gasteiger partial charge in [-0.2, -0.15) is 4.31 Å². The highest BCUT2D eigenvalue weighted by Gasteiger charge is 2.22. The van der Waals surface area contributed by atoms with Gasteiger partial charge in [-0.1, -0.05) is 13.8 Å². The van der Waals surface area contributed by atoms with Gasteiger partial charge in [0.15, 0.2) is 0 Å². The third kappa shape index (κ3) is 17.4. The SMILES string of the molecule is CC.CC(C)OCC(=O)NCCOCCOCCOCCN1CCN(S(C)(=O)=O)CC1.[HH]. The van der Waals surface area contributed by atoms with Gasteiger partial charge in [-0.25, -0.2) is 8.42 Å². The van der Waals surface area contributed by atoms with E-state index in [4.69, 9.17) is 18.9 Å². The van der Waals surface area contributed by atoms with E-state index in [9.17, 15) is 13.2 Å². The third-order valence-corrected chi connectivity index (χ3v) is 5.52. The Kier molecular flexibility index (Phi) is 18.2. The molecule has 0 aliphatic carbocycles. The summed E-state index contributed by atoms with van der Waals surface area (Å²) < 4.78 is 46.0. The summed E-state index contributed by atoms with van der Waals surface area (Å²) in [6.07, 6.45) is 1.29. The number of ether oxygens (including phenoxy) is 4. The molecule has 0 aromatic heterocycles. The molecule has 1 fully saturated rings. The summed E-state index contributed by atoms with van der Waals surface area (Å²) in [7, 11) is -3.08. The number of carbonyl (C=O) groups is 1. The minimum Gasteiger partial charge on any atom is -0.378 e. The smallest absolute Gasteiger partial charge is 0.246 e. The Morgan fingerprint density at radius 1 is 0.935 bits per heavy atom. The summed E-state index contributed by atoms with van der Waals surface area (Å²) >= 11 is 0. The lowest BCUT2D eigenvalue weighted by Crippen LogP contribution is -2.49. The van der Waals surface area contributed by atoms with Crippen LogP contribution in [0.5, 0.6) is 0 Å². The molecule has 188 valence electrons. The van der Waals surface area contributed by atoms with Crippen LogP contribution in [0.2, 0.25) is 0 Å². The van der Waals surface area contributed by atoms with Gasteiger partial charge in [-0.3, -0.25) is 9.69 Å². The lowest BCUT2D eigenvalue weighted by Gasteiger charge is -2.33. The minimum absolute atomic E-state index is 0. The summed E-state index contributed by atoms with van der Waals surface area (Å²) in [6, 6.07) is 0. The number of carbonyl (C=O) groups excluding carboxylic acids is 1. The zero-order chi connectivity index (χ0) is 23.5. The monoisotopic (exact) mass is 471 g/mol. The van der Waals surface area contributed by atoms with E-state index in [1.165, 1.54) is 10.6 Å². The fraction of sp³-hybridized carbons (Fsp3) is 0.950. The molecule has 0 saturated carbocycles. The molecule has 0 spiro atoms. The highest BCUT2D eigenvalue weighted by Crippen LogP contribution is 2.05. The highest BCUT2D eigenvalue weighted by atomic mass is 32.2. The maximum absolute atomic E-state index is 11.5. The molecule has 1 heterocycles. The van der Waals surface area contributed by atoms with Gasteiger partial charge in [-0.05, 0) is 13.8 Å². The van der Waals surface area contributed by atoms with Gasteiger partial charge in [0.05, 0.1) is 52.0 Å². The average molecular weight is 472 g/mol. The van der Waals surface area contributed by atoms with E-state index in [1.54, 1.807) is 0 Å². The molecule has 10 nitrogen and oxygen atoms in total. The Morgan fingerprint density at radius 2 is 1.45 bits per heavy atom. The van der Waals surface area contributed by atoms with Crippen molar-refractivity contribution in [2.45, 2.75) is 33.8 Å². The first-order valence-corrected chi connectivity index (χ1v) is 12.9. The molecule has 1 amide bonds. The van der Waals surface area contributed by atoms with Crippen molar-refractivity contribution in [1.29, 1.82) is 0 Å². The average Bonchev–Trinajstić information content (AvgIpc) is 2.74. The molecule has 1 aliphatic heterocycles. The quantitative estimate of drug-likeness (QED) is 0.323. The van der Waals surface area contributed by atoms with E-state index in [-0.39, 0.29) is 20.0 Å². The van der Waals surface area contributed by atoms with Crippen molar-refractivity contribution in [3.8, 4) is 0 Å². The van der Waals surface area contributed by atoms with Gasteiger partial charge in [0, 0.05) is 40.7 Å². The molecule has 31 heavy (non-hydrogen) atoms. The molecule has 0 atom stereocenters. The molecule has 1 aliphatic rings. The Labute approximate surface area is 190 Å². The molecule has 1 N–H and O–H groups in total. The van der Waals surface area contributed by atoms with Gasteiger partial charge in [0.1, 0.15) is 6.61 Å². The lowest BCUT2D eigenvalue weighted by atomic mass is 10.3. The maximum atomic E-state index is 11.5. The Bertz CT molecular complexity index is 545. The number of piperazine rings is 1. The van der Waals surface area contributed by atoms with Crippen LogP contribution in [0.4, 0.5) is 0 Å². The first-order chi connectivity index (χ1) is 14.8. The van der Waals surface area contributed by atoms with E-state index in [2.05, 4.69) is 10.2 Å². The molecule has 0 unspecified atom stereocenters. The topological polar surface area (TPSA) is 107 Å². The number of nitrogens with zero attached hydrogens (tertiary/aromatic N) is 2. The van der Waals surface area contributed by atoms with Crippen molar-refractivity contribution in [3.63, 3.8) is 0 Å². The number of hydrogen-bond acceptors (Lipinski definition) is 8. The van der Waals surface area contributed by atoms with Crippen molar-refractivity contribution in [2.24, 2.45) is 0 Å². The number of hydrogen-bond donors (Lipinski definition) is 1. The molecule has 0 bridgehead atoms. The number of sulfonamides is 1. The van der Waals surface area contributed by atoms with E-state index in [1.807, 2.05) is 27.7 Å². The second kappa shape index (κ2) is 18.7. The summed E-state index contributed by atoms with van der Waals surface area (Å²) in [5, 5.41) is 2.71. The van der Waals surface area contributed by atoms with E-state index >= 15 is 0 Å². The number of nitrogens with one attached hydrogen (secondary N) is 1. The summed E-state index contributed by atoms with van der Waals surface area (Å²) in [4.78, 5) is 13.6. The maximum Gasteiger partial charge on any atom is 0.246 e. The Balaban J connectivity index is 0. The van der Waals surface area contributed by atoms with Crippen LogP contribution in [-0.4, -0.2) is 121 Å². The zero-order valence-corrected chi connectivity index (χ0v) is 20.7. The zero-order valence-electron chi connectivity index (χ0n) is 19.9. The first-order valence-electron chi connectivity index (χ1n) is 11.1. The van der Waals surface area contributed by atoms with Gasteiger partial charge < -0.3 is 24.3 Å². The number of rotatable bonds is 16. The molecule has 0 aromatic rings. The van der Waals surface area contributed by atoms with Gasteiger partial charge in [-0.15, -0.1) is 0 Å². The first kappa shape index (κ1) is 30.2. The highest BCUT2D eigenvalue weighted by molar-refractivity contribution is 7.88. The van der Waals surface area contributed by atoms with Crippen LogP contribution in [0.3, 0.4) is 0 Å². The van der Waals surface area contributed by atoms with Crippen molar-refractivity contribution >= 4 is 15.9 Å². The fourth-order valence-electron chi connectivity index (χ4n) is 2.58. The molecule has 1 rings (SSSR count). The minimum atomic E-state index is -3.08. The summed E-state index contributed by atoms with van der Waals surface area (Å²) in [5.41, 5.74) is 0. The Hall–Kier alpha value is -0.820. The van der Waals surface area contributed by atoms with Crippen LogP contribution in [0, 0.1) is 0 Å². The van der Waals surface area contributed by atoms with Crippen LogP contribution in [-0.2, 0) is 33.8 Å². The summed E-state index contributed by atoms with van der Waals surface area (Å²) in [5.74, 6) is -0.145. The van der Waals surface area contributed by atoms with Crippen molar-refractivity contribution in [3.05, 3.63) is 0 Å². The third-order valence-electron chi connectivity index (χ3n) is 4.21. The predicted molar refractivity (Wildman–Crippen MR) is 123 cm³/mol. The van der Waals surface area contributed by atoms with Crippen LogP contribution in [0.25, 0.3) is 0 Å². The second-order valence-electron chi connectivity index (χ2n) is 7.05. The molecular formula is C20H45N3O7S. The fourth-order valence-corrected chi connectivity index (χ4v) is 3.40. The molecule has 0 radical (unpaired) electrons. The van der Waals surface area contributed by atoms with E-state index in [0.717, 1.165) is 19.6 Å². The van der Waals surface area contributed by atoms with Gasteiger partial charge in [0.25, 0.3) is 0 Å². The number of amides is 1. The standard InChI is InChI=1S/C18H37N3O7S.C2H6.H2/c1-17(2)28-16-18(22)19-4-10-25-12-14-27-15-13-26-11-9-20-5-7-21(8-6-20)29(3,23)24;1-2;/h17H,4-16H2,1-3H3,(H,19,22);1-2H3;1H. The van der Waals surface area contributed by atoms with Crippen LogP contribution in [0.15, 0.2) is 0 Å². The second-order valence-corrected chi connectivity index (χ2v) is 9.03. The summed E-state index contributed by atoms with van der Waals surface area (Å²) in [6.45, 7) is 14.6. The van der Waals surface area contributed by atoms with Crippen molar-refractivity contribution in [2.75, 3.05) is 91.8 Å². The van der Waals surface area contributed by atoms with Crippen LogP contribution < -0.4 is 5.32 Å². The van der Waals surface area contributed by atoms with Crippen LogP contribution in [0.1, 0.15) is 29.1 Å². The van der Waals surface area contributed by atoms with E-state index < -0.39 is 10.0 Å². The Morgan fingerprint density at radius 3 is 1.97 bits per heavy atom. The van der Waals surface area contributed by atoms with Crippen molar-refractivity contribution in [1.82, 2.24) is 14.5 Å². The van der Waals surface area contributed by atoms with Crippen LogP contribution >= 0.6 is 0 Å². The molecular weight excluding hydrogens is 426 g/mol. The van der Waals surface area contributed by atoms with Gasteiger partial charge >= 0.3 is 0 Å². The molecule has 1 saturated heterocycles.